The van der Waals surface area contributed by atoms with E-state index in [0.29, 0.717) is 6.42 Å². The maximum absolute atomic E-state index is 11.8. The Morgan fingerprint density at radius 1 is 1.47 bits per heavy atom. The Labute approximate surface area is 115 Å². The summed E-state index contributed by atoms with van der Waals surface area (Å²) in [6.45, 7) is 4.02. The monoisotopic (exact) mass is 264 g/mol. The van der Waals surface area contributed by atoms with Crippen molar-refractivity contribution in [3.05, 3.63) is 29.8 Å². The number of carbonyl (C=O) groups excluding carboxylic acids is 1. The highest BCUT2D eigenvalue weighted by atomic mass is 16.5. The van der Waals surface area contributed by atoms with Gasteiger partial charge in [-0.15, -0.1) is 0 Å². The first kappa shape index (κ1) is 15.5. The fraction of sp³-hybridized carbons (Fsp3) is 0.533. The molecular weight excluding hydrogens is 240 g/mol. The van der Waals surface area contributed by atoms with E-state index in [9.17, 15) is 4.79 Å². The molecule has 0 fully saturated rings. The summed E-state index contributed by atoms with van der Waals surface area (Å²) in [5, 5.41) is 2.96. The van der Waals surface area contributed by atoms with Crippen LogP contribution in [0.15, 0.2) is 24.3 Å². The van der Waals surface area contributed by atoms with E-state index in [1.807, 2.05) is 31.2 Å². The van der Waals surface area contributed by atoms with Crippen molar-refractivity contribution in [3.63, 3.8) is 0 Å². The smallest absolute Gasteiger partial charge is 0.222 e. The van der Waals surface area contributed by atoms with Crippen molar-refractivity contribution < 1.29 is 9.53 Å². The minimum absolute atomic E-state index is 0.00345. The molecule has 1 unspecified atom stereocenters. The average molecular weight is 264 g/mol. The fourth-order valence-electron chi connectivity index (χ4n) is 2.01. The second kappa shape index (κ2) is 7.79. The van der Waals surface area contributed by atoms with Crippen molar-refractivity contribution in [1.29, 1.82) is 0 Å². The number of carbonyl (C=O) groups is 1. The molecule has 4 heteroatoms. The molecule has 1 rings (SSSR count). The van der Waals surface area contributed by atoms with Crippen LogP contribution in [0.5, 0.6) is 5.75 Å². The van der Waals surface area contributed by atoms with E-state index in [1.54, 1.807) is 7.11 Å². The Kier molecular flexibility index (Phi) is 6.36. The first-order valence-electron chi connectivity index (χ1n) is 6.75. The zero-order chi connectivity index (χ0) is 14.3. The van der Waals surface area contributed by atoms with Gasteiger partial charge in [0.1, 0.15) is 5.75 Å². The summed E-state index contributed by atoms with van der Waals surface area (Å²) in [6.07, 6.45) is 2.25. The number of hydrogen-bond acceptors (Lipinski definition) is 3. The zero-order valence-corrected chi connectivity index (χ0v) is 12.0. The standard InChI is InChI=1S/C15H24N2O2/c1-4-6-13(16)10-15(18)17-11(2)12-7-5-8-14(9-12)19-3/h5,7-9,11,13H,4,6,10,16H2,1-3H3,(H,17,18)/t11-,13?/m1/s1. The third-order valence-corrected chi connectivity index (χ3v) is 3.08. The Morgan fingerprint density at radius 3 is 2.84 bits per heavy atom. The van der Waals surface area contributed by atoms with Gasteiger partial charge >= 0.3 is 0 Å². The first-order chi connectivity index (χ1) is 9.06. The molecule has 1 amide bonds. The minimum atomic E-state index is -0.0532. The van der Waals surface area contributed by atoms with Gasteiger partial charge in [-0.25, -0.2) is 0 Å². The van der Waals surface area contributed by atoms with E-state index >= 15 is 0 Å². The van der Waals surface area contributed by atoms with Crippen LogP contribution in [-0.4, -0.2) is 19.1 Å². The second-order valence-corrected chi connectivity index (χ2v) is 4.82. The van der Waals surface area contributed by atoms with Gasteiger partial charge < -0.3 is 15.8 Å². The molecule has 1 aromatic carbocycles. The van der Waals surface area contributed by atoms with Crippen molar-refractivity contribution in [3.8, 4) is 5.75 Å². The summed E-state index contributed by atoms with van der Waals surface area (Å²) < 4.78 is 5.17. The highest BCUT2D eigenvalue weighted by Gasteiger charge is 2.13. The Bertz CT molecular complexity index is 407. The van der Waals surface area contributed by atoms with Gasteiger partial charge in [-0.2, -0.15) is 0 Å². The second-order valence-electron chi connectivity index (χ2n) is 4.82. The summed E-state index contributed by atoms with van der Waals surface area (Å²) in [4.78, 5) is 11.8. The lowest BCUT2D eigenvalue weighted by molar-refractivity contribution is -0.122. The molecule has 106 valence electrons. The summed E-state index contributed by atoms with van der Waals surface area (Å²) >= 11 is 0. The molecule has 19 heavy (non-hydrogen) atoms. The molecule has 0 saturated carbocycles. The van der Waals surface area contributed by atoms with E-state index in [2.05, 4.69) is 12.2 Å². The maximum Gasteiger partial charge on any atom is 0.222 e. The third-order valence-electron chi connectivity index (χ3n) is 3.08. The summed E-state index contributed by atoms with van der Waals surface area (Å²) in [5.74, 6) is 0.789. The topological polar surface area (TPSA) is 64.4 Å². The van der Waals surface area contributed by atoms with Gasteiger partial charge in [0.05, 0.1) is 13.2 Å². The normalized spacial score (nSPS) is 13.7. The summed E-state index contributed by atoms with van der Waals surface area (Å²) in [5.41, 5.74) is 6.89. The van der Waals surface area contributed by atoms with Crippen LogP contribution in [-0.2, 0) is 4.79 Å². The van der Waals surface area contributed by atoms with Gasteiger partial charge in [-0.05, 0) is 31.0 Å². The molecule has 0 aliphatic heterocycles. The molecule has 2 atom stereocenters. The van der Waals surface area contributed by atoms with Crippen LogP contribution in [0, 0.1) is 0 Å². The Balaban J connectivity index is 2.53. The van der Waals surface area contributed by atoms with Gasteiger partial charge in [-0.3, -0.25) is 4.79 Å². The van der Waals surface area contributed by atoms with Crippen LogP contribution in [0.1, 0.15) is 44.7 Å². The molecule has 0 bridgehead atoms. The van der Waals surface area contributed by atoms with E-state index in [4.69, 9.17) is 10.5 Å². The highest BCUT2D eigenvalue weighted by Crippen LogP contribution is 2.18. The lowest BCUT2D eigenvalue weighted by Crippen LogP contribution is -2.33. The van der Waals surface area contributed by atoms with Gasteiger partial charge in [0.2, 0.25) is 5.91 Å². The zero-order valence-electron chi connectivity index (χ0n) is 12.0. The predicted octanol–water partition coefficient (Wildman–Crippen LogP) is 2.39. The summed E-state index contributed by atoms with van der Waals surface area (Å²) in [7, 11) is 1.63. The largest absolute Gasteiger partial charge is 0.497 e. The minimum Gasteiger partial charge on any atom is -0.497 e. The van der Waals surface area contributed by atoms with Crippen molar-refractivity contribution in [2.24, 2.45) is 5.73 Å². The number of benzene rings is 1. The number of amides is 1. The highest BCUT2D eigenvalue weighted by molar-refractivity contribution is 5.77. The number of hydrogen-bond donors (Lipinski definition) is 2. The van der Waals surface area contributed by atoms with Crippen LogP contribution in [0.2, 0.25) is 0 Å². The van der Waals surface area contributed by atoms with Crippen molar-refractivity contribution in [1.82, 2.24) is 5.32 Å². The SMILES string of the molecule is CCCC(N)CC(=O)N[C@H](C)c1cccc(OC)c1. The number of ether oxygens (including phenoxy) is 1. The molecule has 0 aliphatic carbocycles. The predicted molar refractivity (Wildman–Crippen MR) is 77.1 cm³/mol. The fourth-order valence-corrected chi connectivity index (χ4v) is 2.01. The van der Waals surface area contributed by atoms with Gasteiger partial charge in [0, 0.05) is 12.5 Å². The quantitative estimate of drug-likeness (QED) is 0.794. The van der Waals surface area contributed by atoms with Crippen LogP contribution < -0.4 is 15.8 Å². The summed E-state index contributed by atoms with van der Waals surface area (Å²) in [6, 6.07) is 7.60. The third kappa shape index (κ3) is 5.30. The van der Waals surface area contributed by atoms with Gasteiger partial charge in [0.15, 0.2) is 0 Å². The molecule has 0 aliphatic rings. The van der Waals surface area contributed by atoms with Crippen molar-refractivity contribution in [2.75, 3.05) is 7.11 Å². The molecule has 0 aromatic heterocycles. The van der Waals surface area contributed by atoms with Gasteiger partial charge in [-0.1, -0.05) is 25.5 Å². The maximum atomic E-state index is 11.8. The van der Waals surface area contributed by atoms with E-state index < -0.39 is 0 Å². The van der Waals surface area contributed by atoms with Crippen LogP contribution in [0.4, 0.5) is 0 Å². The Morgan fingerprint density at radius 2 is 2.21 bits per heavy atom. The molecule has 0 saturated heterocycles. The van der Waals surface area contributed by atoms with Crippen LogP contribution in [0.25, 0.3) is 0 Å². The molecule has 0 spiro atoms. The van der Waals surface area contributed by atoms with E-state index in [-0.39, 0.29) is 18.0 Å². The number of methoxy groups -OCH3 is 1. The Hall–Kier alpha value is -1.55. The number of rotatable bonds is 7. The number of nitrogens with one attached hydrogen (secondary N) is 1. The number of nitrogens with two attached hydrogens (primary N) is 1. The lowest BCUT2D eigenvalue weighted by atomic mass is 10.1. The molecule has 0 radical (unpaired) electrons. The average Bonchev–Trinajstić information content (AvgIpc) is 2.38. The van der Waals surface area contributed by atoms with Crippen molar-refractivity contribution in [2.45, 2.75) is 45.2 Å². The molecule has 3 N–H and O–H groups in total. The van der Waals surface area contributed by atoms with Crippen LogP contribution in [0.3, 0.4) is 0 Å². The molecular formula is C15H24N2O2. The van der Waals surface area contributed by atoms with E-state index in [0.717, 1.165) is 24.2 Å². The lowest BCUT2D eigenvalue weighted by Gasteiger charge is -2.17. The van der Waals surface area contributed by atoms with Gasteiger partial charge in [0.25, 0.3) is 0 Å². The van der Waals surface area contributed by atoms with E-state index in [1.165, 1.54) is 0 Å². The molecule has 0 heterocycles. The molecule has 1 aromatic rings. The van der Waals surface area contributed by atoms with Crippen molar-refractivity contribution >= 4 is 5.91 Å². The van der Waals surface area contributed by atoms with Crippen LogP contribution >= 0.6 is 0 Å². The molecule has 4 nitrogen and oxygen atoms in total. The first-order valence-corrected chi connectivity index (χ1v) is 6.75.